The topological polar surface area (TPSA) is 26.0 Å². The van der Waals surface area contributed by atoms with Gasteiger partial charge in [-0.3, -0.25) is 0 Å². The molecule has 1 unspecified atom stereocenters. The average Bonchev–Trinajstić information content (AvgIpc) is 3.27. The molecular formula is C21H29N. The smallest absolute Gasteiger partial charge is 0.00390 e. The lowest BCUT2D eigenvalue weighted by atomic mass is 9.83. The van der Waals surface area contributed by atoms with Crippen LogP contribution in [0.15, 0.2) is 24.3 Å². The molecule has 0 aromatic heterocycles. The van der Waals surface area contributed by atoms with E-state index in [-0.39, 0.29) is 0 Å². The zero-order chi connectivity index (χ0) is 14.9. The predicted octanol–water partition coefficient (Wildman–Crippen LogP) is 4.73. The Bertz CT molecular complexity index is 551. The number of hydrogen-bond acceptors (Lipinski definition) is 1. The summed E-state index contributed by atoms with van der Waals surface area (Å²) in [5, 5.41) is 0. The second-order valence-electron chi connectivity index (χ2n) is 7.95. The normalized spacial score (nSPS) is 33.5. The van der Waals surface area contributed by atoms with Crippen LogP contribution in [0.1, 0.15) is 61.6 Å². The van der Waals surface area contributed by atoms with E-state index >= 15 is 0 Å². The number of allylic oxidation sites excluding steroid dienone is 1. The molecular weight excluding hydrogens is 266 g/mol. The Morgan fingerprint density at radius 2 is 1.91 bits per heavy atom. The van der Waals surface area contributed by atoms with Crippen LogP contribution >= 0.6 is 0 Å². The molecule has 0 saturated heterocycles. The van der Waals surface area contributed by atoms with Crippen molar-refractivity contribution in [3.8, 4) is 0 Å². The number of fused-ring (bicyclic) bond motifs is 1. The highest BCUT2D eigenvalue weighted by Gasteiger charge is 2.38. The third-order valence-corrected chi connectivity index (χ3v) is 6.18. The van der Waals surface area contributed by atoms with Crippen LogP contribution in [0.4, 0.5) is 0 Å². The molecule has 0 amide bonds. The molecule has 3 aliphatic rings. The molecule has 1 aromatic rings. The van der Waals surface area contributed by atoms with Crippen LogP contribution in [0.5, 0.6) is 0 Å². The van der Waals surface area contributed by atoms with Crippen molar-refractivity contribution in [2.45, 2.75) is 63.8 Å². The molecule has 0 spiro atoms. The molecule has 1 nitrogen and oxygen atoms in total. The maximum Gasteiger partial charge on any atom is 0.00390 e. The zero-order valence-corrected chi connectivity index (χ0v) is 13.6. The first-order valence-electron chi connectivity index (χ1n) is 9.32. The van der Waals surface area contributed by atoms with Crippen molar-refractivity contribution < 1.29 is 0 Å². The Balaban J connectivity index is 1.30. The monoisotopic (exact) mass is 295 g/mol. The molecule has 1 heteroatoms. The van der Waals surface area contributed by atoms with Gasteiger partial charge < -0.3 is 5.73 Å². The largest absolute Gasteiger partial charge is 0.328 e. The number of rotatable bonds is 4. The summed E-state index contributed by atoms with van der Waals surface area (Å²) in [6, 6.07) is 7.69. The van der Waals surface area contributed by atoms with Gasteiger partial charge in [0.25, 0.3) is 0 Å². The highest BCUT2D eigenvalue weighted by Crippen LogP contribution is 2.47. The lowest BCUT2D eigenvalue weighted by molar-refractivity contribution is 0.295. The van der Waals surface area contributed by atoms with E-state index in [0.29, 0.717) is 6.04 Å². The number of aryl methyl sites for hydroxylation is 1. The second kappa shape index (κ2) is 6.20. The fraction of sp³-hybridized carbons (Fsp3) is 0.619. The van der Waals surface area contributed by atoms with Crippen molar-refractivity contribution in [2.24, 2.45) is 23.5 Å². The van der Waals surface area contributed by atoms with Crippen molar-refractivity contribution in [2.75, 3.05) is 0 Å². The van der Waals surface area contributed by atoms with Crippen LogP contribution in [0, 0.1) is 17.8 Å². The highest BCUT2D eigenvalue weighted by atomic mass is 14.6. The van der Waals surface area contributed by atoms with Gasteiger partial charge in [-0.15, -0.1) is 0 Å². The Morgan fingerprint density at radius 3 is 2.77 bits per heavy atom. The van der Waals surface area contributed by atoms with E-state index in [2.05, 4.69) is 30.4 Å². The van der Waals surface area contributed by atoms with E-state index in [9.17, 15) is 0 Å². The van der Waals surface area contributed by atoms with Crippen LogP contribution < -0.4 is 5.73 Å². The van der Waals surface area contributed by atoms with Gasteiger partial charge in [0.05, 0.1) is 0 Å². The summed E-state index contributed by atoms with van der Waals surface area (Å²) in [7, 11) is 0. The summed E-state index contributed by atoms with van der Waals surface area (Å²) in [5.41, 5.74) is 10.6. The lowest BCUT2D eigenvalue weighted by Gasteiger charge is -2.26. The Kier molecular flexibility index (Phi) is 4.09. The standard InChI is InChI=1S/C21H29N/c22-21-9-6-15(7-10-21)11-19-14-20(19)13-16-5-8-17-3-1-2-4-18(17)12-16/h2,4-5,8,12,15,19-21H,1,3,6-7,9-11,13-14,22H2/t15?,19-,20?,21?/m0/s1. The molecule has 0 aliphatic heterocycles. The van der Waals surface area contributed by atoms with Gasteiger partial charge in [0, 0.05) is 6.04 Å². The lowest BCUT2D eigenvalue weighted by Crippen LogP contribution is -2.26. The van der Waals surface area contributed by atoms with Crippen LogP contribution in [-0.4, -0.2) is 6.04 Å². The minimum absolute atomic E-state index is 0.495. The quantitative estimate of drug-likeness (QED) is 0.853. The molecule has 0 radical (unpaired) electrons. The van der Waals surface area contributed by atoms with E-state index in [4.69, 9.17) is 5.73 Å². The van der Waals surface area contributed by atoms with Gasteiger partial charge in [0.1, 0.15) is 0 Å². The number of nitrogens with two attached hydrogens (primary N) is 1. The van der Waals surface area contributed by atoms with Gasteiger partial charge >= 0.3 is 0 Å². The van der Waals surface area contributed by atoms with E-state index in [1.54, 1.807) is 5.56 Å². The van der Waals surface area contributed by atoms with Gasteiger partial charge in [-0.1, -0.05) is 30.4 Å². The van der Waals surface area contributed by atoms with E-state index < -0.39 is 0 Å². The second-order valence-corrected chi connectivity index (χ2v) is 7.95. The van der Waals surface area contributed by atoms with Crippen molar-refractivity contribution in [1.29, 1.82) is 0 Å². The molecule has 3 aliphatic carbocycles. The molecule has 2 atom stereocenters. The first kappa shape index (κ1) is 14.5. The molecule has 0 bridgehead atoms. The summed E-state index contributed by atoms with van der Waals surface area (Å²) >= 11 is 0. The minimum atomic E-state index is 0.495. The summed E-state index contributed by atoms with van der Waals surface area (Å²) in [6.45, 7) is 0. The van der Waals surface area contributed by atoms with Crippen molar-refractivity contribution in [3.63, 3.8) is 0 Å². The zero-order valence-electron chi connectivity index (χ0n) is 13.6. The third-order valence-electron chi connectivity index (χ3n) is 6.18. The van der Waals surface area contributed by atoms with Gasteiger partial charge in [0.2, 0.25) is 0 Å². The van der Waals surface area contributed by atoms with Gasteiger partial charge in [0.15, 0.2) is 0 Å². The highest BCUT2D eigenvalue weighted by molar-refractivity contribution is 5.57. The molecule has 2 fully saturated rings. The van der Waals surface area contributed by atoms with Crippen molar-refractivity contribution >= 4 is 6.08 Å². The van der Waals surface area contributed by atoms with Crippen molar-refractivity contribution in [1.82, 2.24) is 0 Å². The van der Waals surface area contributed by atoms with Crippen LogP contribution in [-0.2, 0) is 12.8 Å². The SMILES string of the molecule is NC1CCC(C[C@H]2CC2Cc2ccc3c(c2)C=CCC3)CC1. The molecule has 0 heterocycles. The summed E-state index contributed by atoms with van der Waals surface area (Å²) < 4.78 is 0. The minimum Gasteiger partial charge on any atom is -0.328 e. The fourth-order valence-electron chi connectivity index (χ4n) is 4.61. The summed E-state index contributed by atoms with van der Waals surface area (Å²) in [6.07, 6.45) is 16.6. The van der Waals surface area contributed by atoms with E-state index in [1.165, 1.54) is 68.9 Å². The Hall–Kier alpha value is -1.08. The molecule has 2 saturated carbocycles. The van der Waals surface area contributed by atoms with Gasteiger partial charge in [-0.25, -0.2) is 0 Å². The predicted molar refractivity (Wildman–Crippen MR) is 93.6 cm³/mol. The number of benzene rings is 1. The molecule has 22 heavy (non-hydrogen) atoms. The Labute approximate surface area is 135 Å². The average molecular weight is 295 g/mol. The molecule has 1 aromatic carbocycles. The summed E-state index contributed by atoms with van der Waals surface area (Å²) in [4.78, 5) is 0. The Morgan fingerprint density at radius 1 is 1.05 bits per heavy atom. The summed E-state index contributed by atoms with van der Waals surface area (Å²) in [5.74, 6) is 2.94. The van der Waals surface area contributed by atoms with Gasteiger partial charge in [-0.05, 0) is 92.2 Å². The first-order chi connectivity index (χ1) is 10.8. The maximum atomic E-state index is 6.02. The molecule has 118 valence electrons. The third kappa shape index (κ3) is 3.30. The van der Waals surface area contributed by atoms with Crippen LogP contribution in [0.2, 0.25) is 0 Å². The molecule has 2 N–H and O–H groups in total. The van der Waals surface area contributed by atoms with Crippen LogP contribution in [0.3, 0.4) is 0 Å². The van der Waals surface area contributed by atoms with Crippen molar-refractivity contribution in [3.05, 3.63) is 41.0 Å². The fourth-order valence-corrected chi connectivity index (χ4v) is 4.61. The maximum absolute atomic E-state index is 6.02. The van der Waals surface area contributed by atoms with E-state index in [1.807, 2.05) is 0 Å². The van der Waals surface area contributed by atoms with Gasteiger partial charge in [-0.2, -0.15) is 0 Å². The van der Waals surface area contributed by atoms with E-state index in [0.717, 1.165) is 17.8 Å². The van der Waals surface area contributed by atoms with Crippen LogP contribution in [0.25, 0.3) is 6.08 Å². The number of hydrogen-bond donors (Lipinski definition) is 1. The molecule has 4 rings (SSSR count). The first-order valence-corrected chi connectivity index (χ1v) is 9.32.